The van der Waals surface area contributed by atoms with Crippen molar-refractivity contribution in [3.8, 4) is 55.9 Å². The molecule has 0 fully saturated rings. The molecule has 6 heterocycles. The molecule has 6 aromatic heterocycles. The highest BCUT2D eigenvalue weighted by Crippen LogP contribution is 2.53. The van der Waals surface area contributed by atoms with Crippen LogP contribution in [0, 0.1) is 0 Å². The summed E-state index contributed by atoms with van der Waals surface area (Å²) in [6.45, 7) is 0. The third-order valence-corrected chi connectivity index (χ3v) is 24.5. The lowest BCUT2D eigenvalue weighted by atomic mass is 9.93. The summed E-state index contributed by atoms with van der Waals surface area (Å²) in [6, 6.07) is 144. The van der Waals surface area contributed by atoms with E-state index in [1.807, 2.05) is 12.1 Å². The predicted octanol–water partition coefficient (Wildman–Crippen LogP) is 31.4. The van der Waals surface area contributed by atoms with E-state index in [2.05, 4.69) is 407 Å². The third kappa shape index (κ3) is 9.84. The molecule has 8 heteroatoms. The molecule has 0 N–H and O–H groups in total. The number of para-hydroxylation sites is 12. The summed E-state index contributed by atoms with van der Waals surface area (Å²) in [5, 5.41) is 17.6. The van der Waals surface area contributed by atoms with Crippen LogP contribution in [-0.2, 0) is 0 Å². The van der Waals surface area contributed by atoms with Gasteiger partial charge in [0.1, 0.15) is 44.7 Å². The zero-order valence-corrected chi connectivity index (χ0v) is 63.5. The molecule has 0 amide bonds. The Hall–Kier alpha value is -15.9. The van der Waals surface area contributed by atoms with E-state index < -0.39 is 0 Å². The lowest BCUT2D eigenvalue weighted by Crippen LogP contribution is -2.14. The number of benzene rings is 19. The topological polar surface area (TPSA) is 68.9 Å². The van der Waals surface area contributed by atoms with Gasteiger partial charge < -0.3 is 36.6 Å². The van der Waals surface area contributed by atoms with Gasteiger partial charge in [-0.25, -0.2) is 0 Å². The number of hydrogen-bond donors (Lipinski definition) is 0. The van der Waals surface area contributed by atoms with Crippen molar-refractivity contribution in [2.24, 2.45) is 0 Å². The Morgan fingerprint density at radius 1 is 0.186 bits per heavy atom. The fourth-order valence-corrected chi connectivity index (χ4v) is 19.4. The maximum absolute atomic E-state index is 7.21. The molecule has 0 radical (unpaired) electrons. The molecule has 0 saturated heterocycles. The van der Waals surface area contributed by atoms with Gasteiger partial charge in [-0.2, -0.15) is 0 Å². The monoisotopic (exact) mass is 1510 g/mol. The summed E-state index contributed by atoms with van der Waals surface area (Å²) in [4.78, 5) is 4.86. The highest BCUT2D eigenvalue weighted by Gasteiger charge is 2.29. The highest BCUT2D eigenvalue weighted by atomic mass is 16.3. The molecule has 0 saturated carbocycles. The van der Waals surface area contributed by atoms with Crippen molar-refractivity contribution in [1.29, 1.82) is 0 Å². The number of hydrogen-bond acceptors (Lipinski definition) is 6. The van der Waals surface area contributed by atoms with Crippen molar-refractivity contribution in [2.75, 3.05) is 9.80 Å². The highest BCUT2D eigenvalue weighted by molar-refractivity contribution is 6.24. The minimum atomic E-state index is 0.809. The fraction of sp³-hybridized carbons (Fsp3) is 0. The first kappa shape index (κ1) is 65.6. The van der Waals surface area contributed by atoms with Crippen molar-refractivity contribution in [3.05, 3.63) is 400 Å². The van der Waals surface area contributed by atoms with Crippen LogP contribution in [0.1, 0.15) is 0 Å². The van der Waals surface area contributed by atoms with Crippen LogP contribution in [0.5, 0.6) is 0 Å². The minimum Gasteiger partial charge on any atom is -0.456 e. The molecular formula is C110H66N4O4. The molecular weight excluding hydrogens is 1440 g/mol. The average Bonchev–Trinajstić information content (AvgIpc) is 1.52. The summed E-state index contributed by atoms with van der Waals surface area (Å²) < 4.78 is 32.7. The van der Waals surface area contributed by atoms with Gasteiger partial charge in [-0.1, -0.05) is 267 Å². The molecule has 25 aromatic rings. The maximum atomic E-state index is 7.21. The van der Waals surface area contributed by atoms with Crippen LogP contribution in [-0.4, -0.2) is 9.13 Å². The predicted molar refractivity (Wildman–Crippen MR) is 490 cm³/mol. The Morgan fingerprint density at radius 3 is 1.19 bits per heavy atom. The quantitative estimate of drug-likeness (QED) is 0.121. The van der Waals surface area contributed by atoms with Crippen molar-refractivity contribution in [2.45, 2.75) is 0 Å². The second-order valence-electron chi connectivity index (χ2n) is 30.8. The number of fused-ring (bicyclic) bond motifs is 22. The first-order chi connectivity index (χ1) is 58.6. The lowest BCUT2D eigenvalue weighted by Gasteiger charge is -2.30. The van der Waals surface area contributed by atoms with E-state index >= 15 is 0 Å². The fourth-order valence-electron chi connectivity index (χ4n) is 19.4. The van der Waals surface area contributed by atoms with Gasteiger partial charge in [0.25, 0.3) is 0 Å². The summed E-state index contributed by atoms with van der Waals surface area (Å²) in [5.41, 5.74) is 27.8. The standard InChI is InChI=1S/C110H66N4O4/c1-2-26-73-67(25-1)55-60-88-106-84(36-23-51-103(106)117-109(73)88)80-31-7-10-40-91(80)111(97-46-16-18-48-99(97)113-93-42-12-3-27-76(93)77-28-4-13-43-94(77)113)70-57-53-68(54-58-70)74-35-22-39-87-90-65-69(56-64-102(90)116-108(74)87)72-34-21-38-86-75(72)62-63-89-107-85(37-24-52-104(107)118-110(86)89)81-32-8-11-41-92(81)112(71-59-61-83-82-33-9-20-50-101(82)115-105(83)66-71)98-47-17-19-49-100(98)114-95-44-14-5-29-78(95)79-30-6-15-45-96(79)114/h1-66H. The molecule has 0 aliphatic rings. The van der Waals surface area contributed by atoms with Crippen LogP contribution in [0.15, 0.2) is 418 Å². The van der Waals surface area contributed by atoms with E-state index in [0.29, 0.717) is 0 Å². The van der Waals surface area contributed by atoms with Gasteiger partial charge in [0.15, 0.2) is 0 Å². The average molecular weight is 1510 g/mol. The zero-order chi connectivity index (χ0) is 77.2. The molecule has 118 heavy (non-hydrogen) atoms. The summed E-state index contributed by atoms with van der Waals surface area (Å²) in [6.07, 6.45) is 0. The molecule has 0 aliphatic heterocycles. The van der Waals surface area contributed by atoms with Crippen molar-refractivity contribution in [3.63, 3.8) is 0 Å². The molecule has 8 nitrogen and oxygen atoms in total. The van der Waals surface area contributed by atoms with E-state index in [4.69, 9.17) is 17.7 Å². The zero-order valence-electron chi connectivity index (χ0n) is 63.5. The van der Waals surface area contributed by atoms with Gasteiger partial charge in [-0.15, -0.1) is 0 Å². The number of nitrogens with zero attached hydrogens (tertiary/aromatic N) is 4. The van der Waals surface area contributed by atoms with E-state index in [1.54, 1.807) is 0 Å². The van der Waals surface area contributed by atoms with Crippen LogP contribution >= 0.6 is 0 Å². The Kier molecular flexibility index (Phi) is 14.4. The van der Waals surface area contributed by atoms with Gasteiger partial charge in [0.05, 0.1) is 56.2 Å². The van der Waals surface area contributed by atoms with E-state index in [-0.39, 0.29) is 0 Å². The number of aromatic nitrogens is 2. The maximum Gasteiger partial charge on any atom is 0.143 e. The number of anilines is 6. The Labute approximate surface area is 675 Å². The van der Waals surface area contributed by atoms with Gasteiger partial charge in [-0.3, -0.25) is 0 Å². The molecule has 0 spiro atoms. The van der Waals surface area contributed by atoms with Crippen LogP contribution in [0.3, 0.4) is 0 Å². The normalized spacial score (nSPS) is 12.1. The molecule has 0 unspecified atom stereocenters. The van der Waals surface area contributed by atoms with E-state index in [0.717, 1.165) is 221 Å². The molecule has 0 aliphatic carbocycles. The molecule has 25 rings (SSSR count). The molecule has 0 bridgehead atoms. The van der Waals surface area contributed by atoms with Crippen molar-refractivity contribution < 1.29 is 17.7 Å². The Bertz CT molecular complexity index is 8390. The number of furan rings is 4. The lowest BCUT2D eigenvalue weighted by molar-refractivity contribution is 0.669. The van der Waals surface area contributed by atoms with Gasteiger partial charge in [-0.05, 0) is 166 Å². The van der Waals surface area contributed by atoms with Crippen LogP contribution in [0.2, 0.25) is 0 Å². The van der Waals surface area contributed by atoms with Crippen LogP contribution in [0.25, 0.3) is 209 Å². The molecule has 19 aromatic carbocycles. The molecule has 0 atom stereocenters. The third-order valence-electron chi connectivity index (χ3n) is 24.5. The van der Waals surface area contributed by atoms with E-state index in [9.17, 15) is 0 Å². The largest absolute Gasteiger partial charge is 0.456 e. The van der Waals surface area contributed by atoms with Crippen molar-refractivity contribution in [1.82, 2.24) is 9.13 Å². The second kappa shape index (κ2) is 25.8. The molecule has 550 valence electrons. The Balaban J connectivity index is 0.600. The van der Waals surface area contributed by atoms with Crippen molar-refractivity contribution >= 4 is 187 Å². The SMILES string of the molecule is c1ccc(N(c2ccc(-c3cccc4c3oc3ccc(-c5cccc6c5ccc5c6oc6cccc(-c7ccccc7N(c7ccc8c(c7)oc7ccccc78)c7ccccc7-n7c8ccccc8c8ccccc87)c65)cc34)cc2)c2ccccc2-n2c3ccccc3c3ccccc32)c(-c2cccc3oc4c5ccccc5ccc4c23)c1. The summed E-state index contributed by atoms with van der Waals surface area (Å²) in [5.74, 6) is 0. The number of rotatable bonds is 12. The smallest absolute Gasteiger partial charge is 0.143 e. The van der Waals surface area contributed by atoms with Crippen LogP contribution in [0.4, 0.5) is 34.1 Å². The van der Waals surface area contributed by atoms with Crippen LogP contribution < -0.4 is 9.80 Å². The first-order valence-corrected chi connectivity index (χ1v) is 40.2. The summed E-state index contributed by atoms with van der Waals surface area (Å²) in [7, 11) is 0. The van der Waals surface area contributed by atoms with Gasteiger partial charge in [0, 0.05) is 110 Å². The summed E-state index contributed by atoms with van der Waals surface area (Å²) >= 11 is 0. The van der Waals surface area contributed by atoms with Gasteiger partial charge >= 0.3 is 0 Å². The van der Waals surface area contributed by atoms with E-state index in [1.165, 1.54) is 21.5 Å². The van der Waals surface area contributed by atoms with Gasteiger partial charge in [0.2, 0.25) is 0 Å². The minimum absolute atomic E-state index is 0.809. The second-order valence-corrected chi connectivity index (χ2v) is 30.8. The first-order valence-electron chi connectivity index (χ1n) is 40.2. The Morgan fingerprint density at radius 2 is 0.576 bits per heavy atom.